The average molecular weight is 491 g/mol. The molecule has 2 aliphatic rings. The first-order chi connectivity index (χ1) is 17.2. The SMILES string of the molecule is CNC(=O)C(C)(C(=O)NO)N(C)C(=O)c1ccc(C#Cc2ccc(CN3CCC34COC4)cc2)cc1. The number of hydrogen-bond donors (Lipinski definition) is 3. The van der Waals surface area contributed by atoms with Crippen LogP contribution < -0.4 is 10.8 Å². The van der Waals surface area contributed by atoms with Gasteiger partial charge in [0.1, 0.15) is 0 Å². The molecule has 2 heterocycles. The smallest absolute Gasteiger partial charge is 0.278 e. The summed E-state index contributed by atoms with van der Waals surface area (Å²) >= 11 is 0. The van der Waals surface area contributed by atoms with Crippen LogP contribution in [0.2, 0.25) is 0 Å². The molecule has 9 nitrogen and oxygen atoms in total. The molecule has 2 aromatic rings. The van der Waals surface area contributed by atoms with Crippen molar-refractivity contribution in [2.45, 2.75) is 31.0 Å². The van der Waals surface area contributed by atoms with Gasteiger partial charge in [0.15, 0.2) is 5.54 Å². The molecule has 0 aromatic heterocycles. The van der Waals surface area contributed by atoms with Gasteiger partial charge in [-0.3, -0.25) is 24.5 Å². The van der Waals surface area contributed by atoms with Crippen LogP contribution in [0.3, 0.4) is 0 Å². The maximum atomic E-state index is 13.0. The average Bonchev–Trinajstić information content (AvgIpc) is 2.87. The third kappa shape index (κ3) is 4.58. The van der Waals surface area contributed by atoms with E-state index in [-0.39, 0.29) is 11.1 Å². The molecule has 1 unspecified atom stereocenters. The summed E-state index contributed by atoms with van der Waals surface area (Å²) in [6, 6.07) is 14.8. The highest BCUT2D eigenvalue weighted by Crippen LogP contribution is 2.38. The fourth-order valence-corrected chi connectivity index (χ4v) is 4.41. The van der Waals surface area contributed by atoms with Crippen molar-refractivity contribution >= 4 is 17.7 Å². The Balaban J connectivity index is 1.40. The standard InChI is InChI=1S/C27H30N4O5/c1-26(24(33)28-2,25(34)29-35)30(3)23(32)22-12-10-20(11-13-22)5-4-19-6-8-21(9-7-19)16-31-15-14-27(31)17-36-18-27/h6-13,35H,14-18H2,1-3H3,(H,28,33)(H,29,34). The lowest BCUT2D eigenvalue weighted by molar-refractivity contribution is -0.195. The van der Waals surface area contributed by atoms with Gasteiger partial charge in [0, 0.05) is 43.9 Å². The summed E-state index contributed by atoms with van der Waals surface area (Å²) in [6.07, 6.45) is 1.21. The van der Waals surface area contributed by atoms with E-state index in [0.717, 1.165) is 36.8 Å². The second kappa shape index (κ2) is 10.1. The Hall–Kier alpha value is -3.71. The van der Waals surface area contributed by atoms with Gasteiger partial charge in [-0.05, 0) is 55.3 Å². The Labute approximate surface area is 210 Å². The molecule has 0 radical (unpaired) electrons. The number of benzene rings is 2. The summed E-state index contributed by atoms with van der Waals surface area (Å²) in [5.41, 5.74) is 2.92. The van der Waals surface area contributed by atoms with Crippen molar-refractivity contribution in [1.82, 2.24) is 20.6 Å². The highest BCUT2D eigenvalue weighted by molar-refractivity contribution is 6.12. The van der Waals surface area contributed by atoms with E-state index >= 15 is 0 Å². The number of carbonyl (C=O) groups excluding carboxylic acids is 3. The van der Waals surface area contributed by atoms with E-state index in [1.54, 1.807) is 24.3 Å². The fourth-order valence-electron chi connectivity index (χ4n) is 4.41. The van der Waals surface area contributed by atoms with Crippen LogP contribution in [0.15, 0.2) is 48.5 Å². The Morgan fingerprint density at radius 3 is 2.08 bits per heavy atom. The highest BCUT2D eigenvalue weighted by Gasteiger charge is 2.50. The van der Waals surface area contributed by atoms with Crippen LogP contribution in [0, 0.1) is 11.8 Å². The molecule has 0 bridgehead atoms. The number of hydroxylamine groups is 1. The molecule has 0 aliphatic carbocycles. The number of hydrogen-bond acceptors (Lipinski definition) is 6. The number of rotatable bonds is 6. The molecule has 9 heteroatoms. The molecular weight excluding hydrogens is 460 g/mol. The number of carbonyl (C=O) groups is 3. The van der Waals surface area contributed by atoms with Gasteiger partial charge in [-0.25, -0.2) is 5.48 Å². The molecule has 3 amide bonds. The molecule has 2 fully saturated rings. The van der Waals surface area contributed by atoms with Crippen LogP contribution in [0.4, 0.5) is 0 Å². The lowest BCUT2D eigenvalue weighted by Gasteiger charge is -2.57. The Morgan fingerprint density at radius 1 is 1.06 bits per heavy atom. The Kier molecular flexibility index (Phi) is 7.13. The normalized spacial score (nSPS) is 17.4. The summed E-state index contributed by atoms with van der Waals surface area (Å²) in [5.74, 6) is 3.91. The molecular formula is C27H30N4O5. The van der Waals surface area contributed by atoms with Crippen LogP contribution in [0.1, 0.15) is 40.4 Å². The Morgan fingerprint density at radius 2 is 1.64 bits per heavy atom. The zero-order valence-corrected chi connectivity index (χ0v) is 20.6. The van der Waals surface area contributed by atoms with E-state index in [2.05, 4.69) is 34.2 Å². The number of amides is 3. The molecule has 188 valence electrons. The van der Waals surface area contributed by atoms with E-state index in [0.29, 0.717) is 5.56 Å². The van der Waals surface area contributed by atoms with E-state index in [9.17, 15) is 14.4 Å². The lowest BCUT2D eigenvalue weighted by Crippen LogP contribution is -2.70. The highest BCUT2D eigenvalue weighted by atomic mass is 16.5. The van der Waals surface area contributed by atoms with Crippen LogP contribution in [-0.4, -0.2) is 77.7 Å². The zero-order chi connectivity index (χ0) is 25.9. The number of nitrogens with zero attached hydrogens (tertiary/aromatic N) is 2. The number of nitrogens with one attached hydrogen (secondary N) is 2. The predicted octanol–water partition coefficient (Wildman–Crippen LogP) is 1.14. The van der Waals surface area contributed by atoms with Gasteiger partial charge in [-0.1, -0.05) is 24.0 Å². The predicted molar refractivity (Wildman–Crippen MR) is 132 cm³/mol. The van der Waals surface area contributed by atoms with Gasteiger partial charge in [0.05, 0.1) is 18.8 Å². The van der Waals surface area contributed by atoms with Crippen molar-refractivity contribution in [2.24, 2.45) is 0 Å². The minimum atomic E-state index is -1.94. The second-order valence-electron chi connectivity index (χ2n) is 9.37. The molecule has 2 aromatic carbocycles. The van der Waals surface area contributed by atoms with Crippen molar-refractivity contribution in [3.05, 3.63) is 70.8 Å². The van der Waals surface area contributed by atoms with Crippen LogP contribution in [0.25, 0.3) is 0 Å². The van der Waals surface area contributed by atoms with Gasteiger partial charge in [0.2, 0.25) is 0 Å². The van der Waals surface area contributed by atoms with Gasteiger partial charge < -0.3 is 15.0 Å². The monoisotopic (exact) mass is 490 g/mol. The lowest BCUT2D eigenvalue weighted by atomic mass is 9.82. The molecule has 4 rings (SSSR count). The maximum absolute atomic E-state index is 13.0. The van der Waals surface area contributed by atoms with Crippen molar-refractivity contribution in [3.8, 4) is 11.8 Å². The molecule has 3 N–H and O–H groups in total. The first kappa shape index (κ1) is 25.4. The molecule has 36 heavy (non-hydrogen) atoms. The molecule has 2 aliphatic heterocycles. The summed E-state index contributed by atoms with van der Waals surface area (Å²) in [5, 5.41) is 11.4. The van der Waals surface area contributed by atoms with Crippen LogP contribution in [-0.2, 0) is 20.9 Å². The molecule has 0 saturated carbocycles. The minimum absolute atomic E-state index is 0.271. The summed E-state index contributed by atoms with van der Waals surface area (Å²) in [4.78, 5) is 40.9. The Bertz CT molecular complexity index is 1190. The van der Waals surface area contributed by atoms with Gasteiger partial charge in [-0.2, -0.15) is 0 Å². The second-order valence-corrected chi connectivity index (χ2v) is 9.37. The largest absolute Gasteiger partial charge is 0.377 e. The minimum Gasteiger partial charge on any atom is -0.377 e. The van der Waals surface area contributed by atoms with Gasteiger partial charge in [-0.15, -0.1) is 0 Å². The van der Waals surface area contributed by atoms with Crippen molar-refractivity contribution in [3.63, 3.8) is 0 Å². The summed E-state index contributed by atoms with van der Waals surface area (Å²) < 4.78 is 5.39. The van der Waals surface area contributed by atoms with Gasteiger partial charge in [0.25, 0.3) is 17.7 Å². The van der Waals surface area contributed by atoms with Crippen LogP contribution >= 0.6 is 0 Å². The van der Waals surface area contributed by atoms with E-state index in [4.69, 9.17) is 9.94 Å². The van der Waals surface area contributed by atoms with E-state index < -0.39 is 23.3 Å². The van der Waals surface area contributed by atoms with Crippen LogP contribution in [0.5, 0.6) is 0 Å². The van der Waals surface area contributed by atoms with Crippen molar-refractivity contribution in [1.29, 1.82) is 0 Å². The zero-order valence-electron chi connectivity index (χ0n) is 20.6. The first-order valence-corrected chi connectivity index (χ1v) is 11.7. The van der Waals surface area contributed by atoms with Crippen molar-refractivity contribution < 1.29 is 24.3 Å². The topological polar surface area (TPSA) is 111 Å². The molecule has 2 saturated heterocycles. The number of likely N-dealkylation sites (tertiary alicyclic amines) is 1. The van der Waals surface area contributed by atoms with Crippen molar-refractivity contribution in [2.75, 3.05) is 33.9 Å². The third-order valence-electron chi connectivity index (χ3n) is 7.26. The molecule has 1 atom stereocenters. The molecule has 1 spiro atoms. The first-order valence-electron chi connectivity index (χ1n) is 11.7. The quantitative estimate of drug-likeness (QED) is 0.242. The number of ether oxygens (including phenoxy) is 1. The summed E-state index contributed by atoms with van der Waals surface area (Å²) in [6.45, 7) is 4.95. The van der Waals surface area contributed by atoms with E-state index in [1.165, 1.54) is 38.5 Å². The fraction of sp³-hybridized carbons (Fsp3) is 0.370. The van der Waals surface area contributed by atoms with E-state index in [1.807, 2.05) is 12.1 Å². The van der Waals surface area contributed by atoms with Gasteiger partial charge >= 0.3 is 0 Å². The number of likely N-dealkylation sites (N-methyl/N-ethyl adjacent to an activating group) is 2. The third-order valence-corrected chi connectivity index (χ3v) is 7.26. The maximum Gasteiger partial charge on any atom is 0.278 e. The summed E-state index contributed by atoms with van der Waals surface area (Å²) in [7, 11) is 2.67.